The predicted molar refractivity (Wildman–Crippen MR) is 103 cm³/mol. The first-order chi connectivity index (χ1) is 11.8. The fourth-order valence-electron chi connectivity index (χ4n) is 4.09. The molecule has 1 saturated heterocycles. The van der Waals surface area contributed by atoms with Crippen LogP contribution in [-0.4, -0.2) is 25.4 Å². The van der Waals surface area contributed by atoms with Gasteiger partial charge in [0.1, 0.15) is 5.75 Å². The lowest BCUT2D eigenvalue weighted by Gasteiger charge is -2.32. The van der Waals surface area contributed by atoms with Gasteiger partial charge >= 0.3 is 7.12 Å². The van der Waals surface area contributed by atoms with Crippen LogP contribution in [0.25, 0.3) is 0 Å². The van der Waals surface area contributed by atoms with E-state index in [0.29, 0.717) is 0 Å². The molecule has 1 aliphatic carbocycles. The molecule has 3 rings (SSSR count). The smallest absolute Gasteiger partial charge is 0.465 e. The molecule has 2 aliphatic rings. The molecule has 1 atom stereocenters. The van der Waals surface area contributed by atoms with Crippen molar-refractivity contribution in [3.05, 3.63) is 29.8 Å². The van der Waals surface area contributed by atoms with Gasteiger partial charge in [0.15, 0.2) is 0 Å². The van der Waals surface area contributed by atoms with Gasteiger partial charge in [-0.15, -0.1) is 0 Å². The van der Waals surface area contributed by atoms with Gasteiger partial charge in [0.2, 0.25) is 0 Å². The fourth-order valence-corrected chi connectivity index (χ4v) is 4.09. The molecular formula is C21H33BO3. The van der Waals surface area contributed by atoms with Crippen LogP contribution in [-0.2, 0) is 9.31 Å². The summed E-state index contributed by atoms with van der Waals surface area (Å²) in [5.74, 6) is 1.95. The zero-order valence-electron chi connectivity index (χ0n) is 16.5. The summed E-state index contributed by atoms with van der Waals surface area (Å²) >= 11 is 0. The van der Waals surface area contributed by atoms with Gasteiger partial charge in [0, 0.05) is 5.82 Å². The third-order valence-corrected chi connectivity index (χ3v) is 6.46. The highest BCUT2D eigenvalue weighted by Gasteiger charge is 2.54. The molecule has 0 amide bonds. The number of hydrogen-bond donors (Lipinski definition) is 0. The Labute approximate surface area is 153 Å². The fraction of sp³-hybridized carbons (Fsp3) is 0.714. The number of hydrogen-bond acceptors (Lipinski definition) is 3. The molecular weight excluding hydrogens is 311 g/mol. The van der Waals surface area contributed by atoms with Crippen LogP contribution >= 0.6 is 0 Å². The summed E-state index contributed by atoms with van der Waals surface area (Å²) in [7, 11) is 1.53. The Morgan fingerprint density at radius 3 is 2.08 bits per heavy atom. The Morgan fingerprint density at radius 2 is 1.56 bits per heavy atom. The Hall–Kier alpha value is -0.995. The predicted octanol–water partition coefficient (Wildman–Crippen LogP) is 5.38. The third kappa shape index (κ3) is 4.06. The van der Waals surface area contributed by atoms with Crippen molar-refractivity contribution in [3.8, 4) is 5.75 Å². The molecule has 1 aromatic rings. The van der Waals surface area contributed by atoms with Crippen LogP contribution in [0.4, 0.5) is 0 Å². The standard InChI is InChI=1S/C21H33BO3/c1-20(2)21(3,4)25-22(24-20)19(15-16-9-7-6-8-10-16)17-11-13-18(23-5)14-12-17/h11-14,16,19H,6-10,15H2,1-5H3/t19-/m1/s1. The van der Waals surface area contributed by atoms with E-state index in [1.165, 1.54) is 37.7 Å². The zero-order valence-corrected chi connectivity index (χ0v) is 16.5. The average Bonchev–Trinajstić information content (AvgIpc) is 2.81. The van der Waals surface area contributed by atoms with Gasteiger partial charge in [-0.2, -0.15) is 0 Å². The molecule has 0 spiro atoms. The molecule has 138 valence electrons. The van der Waals surface area contributed by atoms with E-state index in [9.17, 15) is 0 Å². The highest BCUT2D eigenvalue weighted by molar-refractivity contribution is 6.47. The molecule has 0 N–H and O–H groups in total. The van der Waals surface area contributed by atoms with Crippen LogP contribution in [0, 0.1) is 5.92 Å². The van der Waals surface area contributed by atoms with E-state index in [4.69, 9.17) is 14.0 Å². The van der Waals surface area contributed by atoms with Gasteiger partial charge in [-0.05, 0) is 57.7 Å². The second-order valence-electron chi connectivity index (χ2n) is 8.74. The first-order valence-electron chi connectivity index (χ1n) is 9.82. The van der Waals surface area contributed by atoms with Crippen LogP contribution in [0.15, 0.2) is 24.3 Å². The Bertz CT molecular complexity index is 545. The maximum Gasteiger partial charge on any atom is 0.465 e. The van der Waals surface area contributed by atoms with Crippen molar-refractivity contribution in [1.29, 1.82) is 0 Å². The van der Waals surface area contributed by atoms with Crippen molar-refractivity contribution >= 4 is 7.12 Å². The van der Waals surface area contributed by atoms with E-state index in [2.05, 4.69) is 52.0 Å². The highest BCUT2D eigenvalue weighted by Crippen LogP contribution is 2.44. The van der Waals surface area contributed by atoms with Gasteiger partial charge in [0.25, 0.3) is 0 Å². The van der Waals surface area contributed by atoms with E-state index >= 15 is 0 Å². The van der Waals surface area contributed by atoms with E-state index < -0.39 is 0 Å². The van der Waals surface area contributed by atoms with Gasteiger partial charge in [-0.1, -0.05) is 44.2 Å². The summed E-state index contributed by atoms with van der Waals surface area (Å²) in [6.07, 6.45) is 7.94. The highest BCUT2D eigenvalue weighted by atomic mass is 16.7. The molecule has 4 heteroatoms. The molecule has 25 heavy (non-hydrogen) atoms. The molecule has 3 nitrogen and oxygen atoms in total. The summed E-state index contributed by atoms with van der Waals surface area (Å²) in [5, 5.41) is 0. The van der Waals surface area contributed by atoms with E-state index in [0.717, 1.165) is 18.1 Å². The molecule has 1 heterocycles. The number of benzene rings is 1. The lowest BCUT2D eigenvalue weighted by atomic mass is 9.63. The quantitative estimate of drug-likeness (QED) is 0.671. The zero-order chi connectivity index (χ0) is 18.1. The first-order valence-corrected chi connectivity index (χ1v) is 9.82. The van der Waals surface area contributed by atoms with Crippen molar-refractivity contribution in [2.75, 3.05) is 7.11 Å². The average molecular weight is 344 g/mol. The third-order valence-electron chi connectivity index (χ3n) is 6.46. The van der Waals surface area contributed by atoms with Crippen LogP contribution in [0.3, 0.4) is 0 Å². The Balaban J connectivity index is 1.83. The summed E-state index contributed by atoms with van der Waals surface area (Å²) in [6, 6.07) is 8.46. The topological polar surface area (TPSA) is 27.7 Å². The van der Waals surface area contributed by atoms with Crippen molar-refractivity contribution < 1.29 is 14.0 Å². The summed E-state index contributed by atoms with van der Waals surface area (Å²) < 4.78 is 18.2. The van der Waals surface area contributed by atoms with E-state index in [1.807, 2.05) is 0 Å². The van der Waals surface area contributed by atoms with Crippen molar-refractivity contribution in [2.24, 2.45) is 5.92 Å². The summed E-state index contributed by atoms with van der Waals surface area (Å²) in [5.41, 5.74) is 0.731. The molecule has 1 saturated carbocycles. The van der Waals surface area contributed by atoms with Gasteiger partial charge in [-0.25, -0.2) is 0 Å². The second-order valence-corrected chi connectivity index (χ2v) is 8.74. The maximum absolute atomic E-state index is 6.43. The normalized spacial score (nSPS) is 24.3. The molecule has 0 unspecified atom stereocenters. The second kappa shape index (κ2) is 7.32. The van der Waals surface area contributed by atoms with Gasteiger partial charge in [0.05, 0.1) is 18.3 Å². The first kappa shape index (κ1) is 18.8. The van der Waals surface area contributed by atoms with Crippen molar-refractivity contribution in [3.63, 3.8) is 0 Å². The molecule has 0 bridgehead atoms. The van der Waals surface area contributed by atoms with Crippen LogP contribution in [0.1, 0.15) is 77.6 Å². The Kier molecular flexibility index (Phi) is 5.50. The monoisotopic (exact) mass is 344 g/mol. The van der Waals surface area contributed by atoms with Gasteiger partial charge in [-0.3, -0.25) is 0 Å². The molecule has 1 aliphatic heterocycles. The minimum atomic E-state index is -0.283. The summed E-state index contributed by atoms with van der Waals surface area (Å²) in [4.78, 5) is 0. The van der Waals surface area contributed by atoms with Crippen molar-refractivity contribution in [1.82, 2.24) is 0 Å². The lowest BCUT2D eigenvalue weighted by molar-refractivity contribution is 0.00578. The molecule has 0 radical (unpaired) electrons. The molecule has 2 fully saturated rings. The SMILES string of the molecule is COc1ccc([C@@H](CC2CCCCC2)B2OC(C)(C)C(C)(C)O2)cc1. The number of rotatable bonds is 5. The lowest BCUT2D eigenvalue weighted by Crippen LogP contribution is -2.41. The van der Waals surface area contributed by atoms with Crippen LogP contribution in [0.5, 0.6) is 5.75 Å². The Morgan fingerprint density at radius 1 is 1.00 bits per heavy atom. The number of ether oxygens (including phenoxy) is 1. The molecule has 0 aromatic heterocycles. The van der Waals surface area contributed by atoms with Crippen molar-refractivity contribution in [2.45, 2.75) is 83.2 Å². The minimum Gasteiger partial charge on any atom is -0.497 e. The van der Waals surface area contributed by atoms with E-state index in [1.54, 1.807) is 7.11 Å². The number of methoxy groups -OCH3 is 1. The minimum absolute atomic E-state index is 0.180. The van der Waals surface area contributed by atoms with Crippen LogP contribution in [0.2, 0.25) is 0 Å². The van der Waals surface area contributed by atoms with Crippen LogP contribution < -0.4 is 4.74 Å². The summed E-state index contributed by atoms with van der Waals surface area (Å²) in [6.45, 7) is 8.55. The maximum atomic E-state index is 6.43. The molecule has 1 aromatic carbocycles. The largest absolute Gasteiger partial charge is 0.497 e. The van der Waals surface area contributed by atoms with Gasteiger partial charge < -0.3 is 14.0 Å². The van der Waals surface area contributed by atoms with E-state index in [-0.39, 0.29) is 24.1 Å².